The summed E-state index contributed by atoms with van der Waals surface area (Å²) in [6.45, 7) is 4.25. The lowest BCUT2D eigenvalue weighted by Crippen LogP contribution is -2.03. The zero-order valence-corrected chi connectivity index (χ0v) is 9.01. The highest BCUT2D eigenvalue weighted by Gasteiger charge is 2.19. The second-order valence-electron chi connectivity index (χ2n) is 4.35. The van der Waals surface area contributed by atoms with Crippen LogP contribution in [-0.2, 0) is 6.42 Å². The number of rotatable bonds is 0. The van der Waals surface area contributed by atoms with Crippen molar-refractivity contribution < 1.29 is 5.11 Å². The van der Waals surface area contributed by atoms with Crippen molar-refractivity contribution in [2.24, 2.45) is 0 Å². The summed E-state index contributed by atoms with van der Waals surface area (Å²) in [5.41, 5.74) is 5.20. The van der Waals surface area contributed by atoms with Crippen LogP contribution in [-0.4, -0.2) is 5.11 Å². The number of aliphatic hydroxyl groups is 1. The number of benzene rings is 1. The molecule has 76 valence electrons. The molecule has 1 aromatic carbocycles. The van der Waals surface area contributed by atoms with Gasteiger partial charge in [-0.15, -0.1) is 0 Å². The van der Waals surface area contributed by atoms with Crippen molar-refractivity contribution in [3.8, 4) is 0 Å². The molecular formula is C13H18O. The second kappa shape index (κ2) is 3.74. The Morgan fingerprint density at radius 1 is 1.14 bits per heavy atom. The molecule has 0 unspecified atom stereocenters. The summed E-state index contributed by atoms with van der Waals surface area (Å²) in [4.78, 5) is 0. The Morgan fingerprint density at radius 2 is 1.86 bits per heavy atom. The van der Waals surface area contributed by atoms with Crippen LogP contribution in [0.15, 0.2) is 12.1 Å². The van der Waals surface area contributed by atoms with Crippen LogP contribution in [0.3, 0.4) is 0 Å². The van der Waals surface area contributed by atoms with Crippen molar-refractivity contribution in [2.75, 3.05) is 0 Å². The van der Waals surface area contributed by atoms with Crippen molar-refractivity contribution in [2.45, 2.75) is 45.6 Å². The summed E-state index contributed by atoms with van der Waals surface area (Å²) < 4.78 is 0. The molecule has 0 heterocycles. The maximum absolute atomic E-state index is 10.0. The Kier molecular flexibility index (Phi) is 2.60. The summed E-state index contributed by atoms with van der Waals surface area (Å²) >= 11 is 0. The van der Waals surface area contributed by atoms with Crippen LogP contribution < -0.4 is 0 Å². The van der Waals surface area contributed by atoms with Crippen LogP contribution in [0.4, 0.5) is 0 Å². The predicted octanol–water partition coefficient (Wildman–Crippen LogP) is 3.06. The first kappa shape index (κ1) is 9.72. The monoisotopic (exact) mass is 190 g/mol. The van der Waals surface area contributed by atoms with E-state index in [4.69, 9.17) is 0 Å². The molecule has 0 aliphatic heterocycles. The highest BCUT2D eigenvalue weighted by molar-refractivity contribution is 5.42. The maximum atomic E-state index is 10.0. The van der Waals surface area contributed by atoms with Gasteiger partial charge >= 0.3 is 0 Å². The van der Waals surface area contributed by atoms with E-state index in [9.17, 15) is 5.11 Å². The van der Waals surface area contributed by atoms with Gasteiger partial charge in [0.2, 0.25) is 0 Å². The minimum Gasteiger partial charge on any atom is -0.388 e. The molecule has 0 fully saturated rings. The first-order chi connectivity index (χ1) is 6.70. The third kappa shape index (κ3) is 1.57. The average Bonchev–Trinajstić information content (AvgIpc) is 2.35. The lowest BCUT2D eigenvalue weighted by molar-refractivity contribution is 0.166. The Hall–Kier alpha value is -0.820. The van der Waals surface area contributed by atoms with E-state index >= 15 is 0 Å². The van der Waals surface area contributed by atoms with E-state index in [0.29, 0.717) is 0 Å². The minimum absolute atomic E-state index is 0.229. The maximum Gasteiger partial charge on any atom is 0.0795 e. The molecule has 2 rings (SSSR count). The predicted molar refractivity (Wildman–Crippen MR) is 58.4 cm³/mol. The minimum atomic E-state index is -0.229. The molecule has 1 aromatic rings. The van der Waals surface area contributed by atoms with Crippen molar-refractivity contribution >= 4 is 0 Å². The molecule has 0 amide bonds. The first-order valence-electron chi connectivity index (χ1n) is 5.47. The van der Waals surface area contributed by atoms with Crippen LogP contribution in [0.2, 0.25) is 0 Å². The number of aliphatic hydroxyl groups excluding tert-OH is 1. The van der Waals surface area contributed by atoms with Gasteiger partial charge in [-0.2, -0.15) is 0 Å². The highest BCUT2D eigenvalue weighted by Crippen LogP contribution is 2.32. The van der Waals surface area contributed by atoms with Gasteiger partial charge in [0.1, 0.15) is 0 Å². The van der Waals surface area contributed by atoms with E-state index in [2.05, 4.69) is 26.0 Å². The Labute approximate surface area is 85.8 Å². The van der Waals surface area contributed by atoms with E-state index in [1.807, 2.05) is 0 Å². The van der Waals surface area contributed by atoms with E-state index in [1.54, 1.807) is 0 Å². The van der Waals surface area contributed by atoms with Gasteiger partial charge < -0.3 is 5.11 Å². The summed E-state index contributed by atoms with van der Waals surface area (Å²) in [5.74, 6) is 0. The van der Waals surface area contributed by atoms with E-state index in [0.717, 1.165) is 19.3 Å². The first-order valence-corrected chi connectivity index (χ1v) is 5.47. The fourth-order valence-electron chi connectivity index (χ4n) is 2.47. The normalized spacial score (nSPS) is 21.5. The molecule has 1 nitrogen and oxygen atoms in total. The van der Waals surface area contributed by atoms with Gasteiger partial charge in [-0.1, -0.05) is 18.6 Å². The molecular weight excluding hydrogens is 172 g/mol. The van der Waals surface area contributed by atoms with Crippen LogP contribution in [0.25, 0.3) is 0 Å². The molecule has 1 N–H and O–H groups in total. The number of aryl methyl sites for hydroxylation is 2. The largest absolute Gasteiger partial charge is 0.388 e. The smallest absolute Gasteiger partial charge is 0.0795 e. The third-order valence-electron chi connectivity index (χ3n) is 3.30. The van der Waals surface area contributed by atoms with Crippen LogP contribution in [0.1, 0.15) is 47.6 Å². The molecule has 0 aromatic heterocycles. The van der Waals surface area contributed by atoms with E-state index in [-0.39, 0.29) is 6.10 Å². The molecule has 1 aliphatic rings. The summed E-state index contributed by atoms with van der Waals surface area (Å²) in [7, 11) is 0. The number of hydrogen-bond acceptors (Lipinski definition) is 1. The van der Waals surface area contributed by atoms with Crippen LogP contribution in [0, 0.1) is 13.8 Å². The summed E-state index contributed by atoms with van der Waals surface area (Å²) in [6, 6.07) is 4.30. The standard InChI is InChI=1S/C13H18O/c1-9-7-8-10(2)13-11(9)5-3-4-6-12(13)14/h7-8,12,14H,3-6H2,1-2H3/t12-/m0/s1. The topological polar surface area (TPSA) is 20.2 Å². The lowest BCUT2D eigenvalue weighted by Gasteiger charge is -2.16. The van der Waals surface area contributed by atoms with E-state index < -0.39 is 0 Å². The second-order valence-corrected chi connectivity index (χ2v) is 4.35. The van der Waals surface area contributed by atoms with Crippen molar-refractivity contribution in [3.05, 3.63) is 34.4 Å². The average molecular weight is 190 g/mol. The SMILES string of the molecule is Cc1ccc(C)c2c1CCCC[C@@H]2O. The summed E-state index contributed by atoms with van der Waals surface area (Å²) in [6.07, 6.45) is 4.20. The van der Waals surface area contributed by atoms with Gasteiger partial charge in [-0.3, -0.25) is 0 Å². The highest BCUT2D eigenvalue weighted by atomic mass is 16.3. The Bertz CT molecular complexity index is 341. The van der Waals surface area contributed by atoms with Crippen LogP contribution in [0.5, 0.6) is 0 Å². The molecule has 0 saturated heterocycles. The zero-order valence-electron chi connectivity index (χ0n) is 9.01. The van der Waals surface area contributed by atoms with Gasteiger partial charge in [-0.25, -0.2) is 0 Å². The molecule has 0 radical (unpaired) electrons. The Morgan fingerprint density at radius 3 is 2.64 bits per heavy atom. The Balaban J connectivity index is 2.57. The molecule has 0 bridgehead atoms. The van der Waals surface area contributed by atoms with Gasteiger partial charge in [0.05, 0.1) is 6.10 Å². The third-order valence-corrected chi connectivity index (χ3v) is 3.30. The quantitative estimate of drug-likeness (QED) is 0.623. The lowest BCUT2D eigenvalue weighted by atomic mass is 9.92. The fourth-order valence-corrected chi connectivity index (χ4v) is 2.47. The molecule has 1 heteroatoms. The zero-order chi connectivity index (χ0) is 10.1. The number of fused-ring (bicyclic) bond motifs is 1. The molecule has 0 spiro atoms. The molecule has 14 heavy (non-hydrogen) atoms. The van der Waals surface area contributed by atoms with Crippen LogP contribution >= 0.6 is 0 Å². The van der Waals surface area contributed by atoms with Crippen molar-refractivity contribution in [3.63, 3.8) is 0 Å². The van der Waals surface area contributed by atoms with Gasteiger partial charge in [0.15, 0.2) is 0 Å². The van der Waals surface area contributed by atoms with E-state index in [1.165, 1.54) is 28.7 Å². The van der Waals surface area contributed by atoms with Crippen molar-refractivity contribution in [1.29, 1.82) is 0 Å². The molecule has 0 saturated carbocycles. The fraction of sp³-hybridized carbons (Fsp3) is 0.538. The summed E-state index contributed by atoms with van der Waals surface area (Å²) in [5, 5.41) is 10.0. The van der Waals surface area contributed by atoms with Gasteiger partial charge in [0.25, 0.3) is 0 Å². The number of hydrogen-bond donors (Lipinski definition) is 1. The van der Waals surface area contributed by atoms with Crippen molar-refractivity contribution in [1.82, 2.24) is 0 Å². The van der Waals surface area contributed by atoms with Gasteiger partial charge in [0, 0.05) is 0 Å². The molecule has 1 atom stereocenters. The van der Waals surface area contributed by atoms with Gasteiger partial charge in [-0.05, 0) is 55.4 Å². The molecule has 1 aliphatic carbocycles.